The van der Waals surface area contributed by atoms with Crippen molar-refractivity contribution < 1.29 is 0 Å². The van der Waals surface area contributed by atoms with E-state index in [2.05, 4.69) is 31.1 Å². The third-order valence-corrected chi connectivity index (χ3v) is 3.90. The lowest BCUT2D eigenvalue weighted by atomic mass is 10.1. The monoisotopic (exact) mass is 210 g/mol. The standard InChI is InChI=1S/C11H18N2S/c1-4-12-10(9-5-6-9)11-7(2)13-8(3)14-11/h9-10,12H,4-6H2,1-3H3. The Morgan fingerprint density at radius 1 is 1.50 bits per heavy atom. The highest BCUT2D eigenvalue weighted by molar-refractivity contribution is 7.11. The van der Waals surface area contributed by atoms with Crippen LogP contribution >= 0.6 is 11.3 Å². The van der Waals surface area contributed by atoms with Crippen LogP contribution in [0, 0.1) is 19.8 Å². The van der Waals surface area contributed by atoms with Crippen LogP contribution in [0.15, 0.2) is 0 Å². The summed E-state index contributed by atoms with van der Waals surface area (Å²) in [6.45, 7) is 7.46. The van der Waals surface area contributed by atoms with Crippen LogP contribution in [0.2, 0.25) is 0 Å². The second-order valence-corrected chi connectivity index (χ2v) is 5.29. The van der Waals surface area contributed by atoms with Crippen molar-refractivity contribution in [1.29, 1.82) is 0 Å². The summed E-state index contributed by atoms with van der Waals surface area (Å²) in [5.41, 5.74) is 1.23. The third-order valence-electron chi connectivity index (χ3n) is 2.74. The van der Waals surface area contributed by atoms with Crippen LogP contribution < -0.4 is 5.32 Å². The van der Waals surface area contributed by atoms with Crippen LogP contribution in [0.4, 0.5) is 0 Å². The van der Waals surface area contributed by atoms with Crippen LogP contribution in [0.5, 0.6) is 0 Å². The van der Waals surface area contributed by atoms with Crippen LogP contribution in [0.25, 0.3) is 0 Å². The zero-order chi connectivity index (χ0) is 10.1. The van der Waals surface area contributed by atoms with E-state index < -0.39 is 0 Å². The molecule has 1 unspecified atom stereocenters. The minimum Gasteiger partial charge on any atom is -0.309 e. The number of aryl methyl sites for hydroxylation is 2. The van der Waals surface area contributed by atoms with Crippen LogP contribution in [-0.2, 0) is 0 Å². The summed E-state index contributed by atoms with van der Waals surface area (Å²) in [4.78, 5) is 5.97. The minimum absolute atomic E-state index is 0.575. The van der Waals surface area contributed by atoms with Gasteiger partial charge in [0.05, 0.1) is 10.7 Å². The Kier molecular flexibility index (Phi) is 2.88. The molecule has 1 saturated carbocycles. The zero-order valence-electron chi connectivity index (χ0n) is 9.13. The molecule has 1 fully saturated rings. The molecule has 0 saturated heterocycles. The molecule has 0 aromatic carbocycles. The summed E-state index contributed by atoms with van der Waals surface area (Å²) < 4.78 is 0. The van der Waals surface area contributed by atoms with Gasteiger partial charge in [0.15, 0.2) is 0 Å². The highest BCUT2D eigenvalue weighted by Gasteiger charge is 2.33. The van der Waals surface area contributed by atoms with Crippen molar-refractivity contribution in [2.24, 2.45) is 5.92 Å². The van der Waals surface area contributed by atoms with E-state index in [1.54, 1.807) is 0 Å². The smallest absolute Gasteiger partial charge is 0.0900 e. The SMILES string of the molecule is CCNC(c1sc(C)nc1C)C1CC1. The molecule has 1 heterocycles. The molecule has 0 amide bonds. The maximum absolute atomic E-state index is 4.50. The topological polar surface area (TPSA) is 24.9 Å². The average molecular weight is 210 g/mol. The molecule has 1 atom stereocenters. The molecule has 0 aliphatic heterocycles. The third kappa shape index (κ3) is 1.98. The highest BCUT2D eigenvalue weighted by Crippen LogP contribution is 2.43. The maximum Gasteiger partial charge on any atom is 0.0900 e. The van der Waals surface area contributed by atoms with Gasteiger partial charge < -0.3 is 5.32 Å². The molecule has 1 aromatic rings. The Bertz CT molecular complexity index is 315. The molecule has 2 nitrogen and oxygen atoms in total. The van der Waals surface area contributed by atoms with E-state index in [-0.39, 0.29) is 0 Å². The molecule has 0 radical (unpaired) electrons. The molecule has 0 bridgehead atoms. The van der Waals surface area contributed by atoms with Gasteiger partial charge in [-0.2, -0.15) is 0 Å². The lowest BCUT2D eigenvalue weighted by molar-refractivity contribution is 0.501. The molecule has 14 heavy (non-hydrogen) atoms. The number of nitrogens with zero attached hydrogens (tertiary/aromatic N) is 1. The minimum atomic E-state index is 0.575. The second-order valence-electron chi connectivity index (χ2n) is 4.06. The van der Waals surface area contributed by atoms with Crippen molar-refractivity contribution in [2.45, 2.75) is 39.7 Å². The Hall–Kier alpha value is -0.410. The summed E-state index contributed by atoms with van der Waals surface area (Å²) in [5, 5.41) is 4.78. The van der Waals surface area contributed by atoms with Gasteiger partial charge in [-0.25, -0.2) is 4.98 Å². The first-order valence-electron chi connectivity index (χ1n) is 5.39. The molecule has 1 N–H and O–H groups in total. The number of hydrogen-bond acceptors (Lipinski definition) is 3. The van der Waals surface area contributed by atoms with Crippen molar-refractivity contribution in [3.63, 3.8) is 0 Å². The number of aromatic nitrogens is 1. The van der Waals surface area contributed by atoms with Gasteiger partial charge in [-0.05, 0) is 39.2 Å². The first-order chi connectivity index (χ1) is 6.72. The number of thiazole rings is 1. The van der Waals surface area contributed by atoms with Gasteiger partial charge in [0.1, 0.15) is 0 Å². The lowest BCUT2D eigenvalue weighted by Crippen LogP contribution is -2.22. The lowest BCUT2D eigenvalue weighted by Gasteiger charge is -2.15. The summed E-state index contributed by atoms with van der Waals surface area (Å²) in [6.07, 6.45) is 2.77. The Balaban J connectivity index is 2.20. The molecule has 1 aliphatic rings. The van der Waals surface area contributed by atoms with E-state index >= 15 is 0 Å². The van der Waals surface area contributed by atoms with Crippen molar-refractivity contribution in [2.75, 3.05) is 6.54 Å². The molecule has 78 valence electrons. The molecule has 1 aliphatic carbocycles. The number of rotatable bonds is 4. The Morgan fingerprint density at radius 2 is 2.21 bits per heavy atom. The summed E-state index contributed by atoms with van der Waals surface area (Å²) in [5.74, 6) is 0.869. The van der Waals surface area contributed by atoms with Gasteiger partial charge in [-0.15, -0.1) is 11.3 Å². The average Bonchev–Trinajstić information content (AvgIpc) is 2.89. The maximum atomic E-state index is 4.50. The van der Waals surface area contributed by atoms with E-state index in [0.717, 1.165) is 12.5 Å². The van der Waals surface area contributed by atoms with Gasteiger partial charge in [0, 0.05) is 10.9 Å². The van der Waals surface area contributed by atoms with Gasteiger partial charge in [-0.1, -0.05) is 6.92 Å². The quantitative estimate of drug-likeness (QED) is 0.826. The summed E-state index contributed by atoms with van der Waals surface area (Å²) >= 11 is 1.86. The largest absolute Gasteiger partial charge is 0.309 e. The normalized spacial score (nSPS) is 18.5. The fraction of sp³-hybridized carbons (Fsp3) is 0.727. The molecule has 2 rings (SSSR count). The van der Waals surface area contributed by atoms with Crippen LogP contribution in [0.3, 0.4) is 0 Å². The van der Waals surface area contributed by atoms with E-state index in [4.69, 9.17) is 0 Å². The first-order valence-corrected chi connectivity index (χ1v) is 6.21. The van der Waals surface area contributed by atoms with Crippen molar-refractivity contribution in [3.8, 4) is 0 Å². The van der Waals surface area contributed by atoms with Gasteiger partial charge >= 0.3 is 0 Å². The Morgan fingerprint density at radius 3 is 2.64 bits per heavy atom. The fourth-order valence-electron chi connectivity index (χ4n) is 1.96. The fourth-order valence-corrected chi connectivity index (χ4v) is 3.06. The highest BCUT2D eigenvalue weighted by atomic mass is 32.1. The Labute approximate surface area is 89.8 Å². The molecular formula is C11H18N2S. The molecule has 1 aromatic heterocycles. The molecular weight excluding hydrogens is 192 g/mol. The number of hydrogen-bond donors (Lipinski definition) is 1. The molecule has 0 spiro atoms. The van der Waals surface area contributed by atoms with Crippen molar-refractivity contribution in [3.05, 3.63) is 15.6 Å². The summed E-state index contributed by atoms with van der Waals surface area (Å²) in [6, 6.07) is 0.575. The van der Waals surface area contributed by atoms with Gasteiger partial charge in [0.25, 0.3) is 0 Å². The van der Waals surface area contributed by atoms with Gasteiger partial charge in [0.2, 0.25) is 0 Å². The van der Waals surface area contributed by atoms with E-state index in [9.17, 15) is 0 Å². The molecule has 3 heteroatoms. The van der Waals surface area contributed by atoms with E-state index in [1.165, 1.54) is 28.4 Å². The van der Waals surface area contributed by atoms with E-state index in [0.29, 0.717) is 6.04 Å². The van der Waals surface area contributed by atoms with Gasteiger partial charge in [-0.3, -0.25) is 0 Å². The predicted octanol–water partition coefficient (Wildman–Crippen LogP) is 2.82. The van der Waals surface area contributed by atoms with Crippen molar-refractivity contribution >= 4 is 11.3 Å². The van der Waals surface area contributed by atoms with Crippen LogP contribution in [-0.4, -0.2) is 11.5 Å². The zero-order valence-corrected chi connectivity index (χ0v) is 9.95. The van der Waals surface area contributed by atoms with Crippen molar-refractivity contribution in [1.82, 2.24) is 10.3 Å². The van der Waals surface area contributed by atoms with E-state index in [1.807, 2.05) is 11.3 Å². The predicted molar refractivity (Wildman–Crippen MR) is 60.7 cm³/mol. The second kappa shape index (κ2) is 3.99. The van der Waals surface area contributed by atoms with Crippen LogP contribution in [0.1, 0.15) is 41.4 Å². The number of nitrogens with one attached hydrogen (secondary N) is 1. The summed E-state index contributed by atoms with van der Waals surface area (Å²) in [7, 11) is 0. The first kappa shape index (κ1) is 10.1.